The van der Waals surface area contributed by atoms with Crippen LogP contribution < -0.4 is 10.6 Å². The third-order valence-corrected chi connectivity index (χ3v) is 7.00. The summed E-state index contributed by atoms with van der Waals surface area (Å²) < 4.78 is 0. The molecule has 154 valence electrons. The van der Waals surface area contributed by atoms with Crippen molar-refractivity contribution < 1.29 is 19.5 Å². The second-order valence-corrected chi connectivity index (χ2v) is 8.51. The predicted molar refractivity (Wildman–Crippen MR) is 104 cm³/mol. The fraction of sp³-hybridized carbons (Fsp3) is 0.571. The summed E-state index contributed by atoms with van der Waals surface area (Å²) in [5.74, 6) is -0.786. The lowest BCUT2D eigenvalue weighted by atomic mass is 10.00. The molecule has 4 aliphatic heterocycles. The van der Waals surface area contributed by atoms with E-state index in [-0.39, 0.29) is 36.8 Å². The number of rotatable bonds is 4. The molecule has 2 bridgehead atoms. The Balaban J connectivity index is 1.39. The molecule has 4 aliphatic rings. The van der Waals surface area contributed by atoms with E-state index in [0.717, 1.165) is 37.1 Å². The third kappa shape index (κ3) is 3.06. The number of imide groups is 1. The number of hydrogen-bond donors (Lipinski definition) is 3. The second kappa shape index (κ2) is 7.19. The van der Waals surface area contributed by atoms with Gasteiger partial charge in [0.1, 0.15) is 6.04 Å². The molecule has 0 radical (unpaired) electrons. The van der Waals surface area contributed by atoms with Gasteiger partial charge in [-0.1, -0.05) is 12.1 Å². The molecule has 0 saturated carbocycles. The molecule has 1 aromatic carbocycles. The van der Waals surface area contributed by atoms with Crippen LogP contribution in [0.25, 0.3) is 0 Å². The van der Waals surface area contributed by atoms with Gasteiger partial charge in [-0.05, 0) is 36.5 Å². The van der Waals surface area contributed by atoms with Crippen LogP contribution in [0, 0.1) is 0 Å². The summed E-state index contributed by atoms with van der Waals surface area (Å²) in [7, 11) is 0. The van der Waals surface area contributed by atoms with Gasteiger partial charge in [-0.15, -0.1) is 0 Å². The topological polar surface area (TPSA) is 102 Å². The molecule has 4 unspecified atom stereocenters. The van der Waals surface area contributed by atoms with Gasteiger partial charge in [0, 0.05) is 49.7 Å². The lowest BCUT2D eigenvalue weighted by Crippen LogP contribution is -2.58. The standard InChI is InChI=1S/C21H26N4O4/c26-11-16-17-5-4-13(8-22-16)24(17)9-12-2-1-3-14-15(12)10-25(21(14)29)18-6-7-19(27)23-20(18)28/h1-3,13,16-18,22,26H,4-11H2,(H,23,27,28). The Morgan fingerprint density at radius 2 is 2.00 bits per heavy atom. The number of aliphatic hydroxyl groups is 1. The van der Waals surface area contributed by atoms with Gasteiger partial charge < -0.3 is 15.3 Å². The van der Waals surface area contributed by atoms with Crippen LogP contribution in [0.15, 0.2) is 18.2 Å². The number of carbonyl (C=O) groups excluding carboxylic acids is 3. The molecule has 1 aromatic rings. The zero-order valence-corrected chi connectivity index (χ0v) is 16.3. The Morgan fingerprint density at radius 3 is 2.79 bits per heavy atom. The average molecular weight is 398 g/mol. The van der Waals surface area contributed by atoms with Crippen molar-refractivity contribution in [2.75, 3.05) is 13.2 Å². The van der Waals surface area contributed by atoms with Crippen LogP contribution >= 0.6 is 0 Å². The number of fused-ring (bicyclic) bond motifs is 3. The molecule has 3 amide bonds. The maximum absolute atomic E-state index is 13.0. The van der Waals surface area contributed by atoms with Crippen molar-refractivity contribution in [1.82, 2.24) is 20.4 Å². The van der Waals surface area contributed by atoms with Crippen molar-refractivity contribution in [2.45, 2.75) is 62.9 Å². The third-order valence-electron chi connectivity index (χ3n) is 7.00. The number of benzene rings is 1. The van der Waals surface area contributed by atoms with Gasteiger partial charge >= 0.3 is 0 Å². The van der Waals surface area contributed by atoms with Gasteiger partial charge in [0.05, 0.1) is 6.61 Å². The van der Waals surface area contributed by atoms with E-state index in [2.05, 4.69) is 21.6 Å². The second-order valence-electron chi connectivity index (χ2n) is 8.51. The van der Waals surface area contributed by atoms with E-state index in [1.165, 1.54) is 0 Å². The van der Waals surface area contributed by atoms with Crippen LogP contribution in [0.1, 0.15) is 47.2 Å². The summed E-state index contributed by atoms with van der Waals surface area (Å²) in [5, 5.41) is 15.5. The van der Waals surface area contributed by atoms with E-state index in [1.54, 1.807) is 4.90 Å². The summed E-state index contributed by atoms with van der Waals surface area (Å²) in [6.07, 6.45) is 2.82. The average Bonchev–Trinajstić information content (AvgIpc) is 3.17. The van der Waals surface area contributed by atoms with E-state index < -0.39 is 6.04 Å². The Bertz CT molecular complexity index is 872. The summed E-state index contributed by atoms with van der Waals surface area (Å²) >= 11 is 0. The first-order valence-electron chi connectivity index (χ1n) is 10.4. The molecule has 29 heavy (non-hydrogen) atoms. The van der Waals surface area contributed by atoms with Crippen LogP contribution in [0.4, 0.5) is 0 Å². The number of carbonyl (C=O) groups is 3. The van der Waals surface area contributed by atoms with Crippen LogP contribution in [0.2, 0.25) is 0 Å². The maximum Gasteiger partial charge on any atom is 0.255 e. The van der Waals surface area contributed by atoms with Gasteiger partial charge in [0.2, 0.25) is 11.8 Å². The van der Waals surface area contributed by atoms with Crippen LogP contribution in [-0.2, 0) is 22.7 Å². The summed E-state index contributed by atoms with van der Waals surface area (Å²) in [6.45, 7) is 2.15. The zero-order chi connectivity index (χ0) is 20.1. The molecule has 0 spiro atoms. The number of hydrogen-bond acceptors (Lipinski definition) is 6. The minimum atomic E-state index is -0.588. The summed E-state index contributed by atoms with van der Waals surface area (Å²) in [5.41, 5.74) is 2.76. The summed E-state index contributed by atoms with van der Waals surface area (Å²) in [6, 6.07) is 6.06. The molecule has 4 atom stereocenters. The smallest absolute Gasteiger partial charge is 0.255 e. The lowest BCUT2D eigenvalue weighted by molar-refractivity contribution is -0.136. The number of piperazine rings is 1. The largest absolute Gasteiger partial charge is 0.395 e. The maximum atomic E-state index is 13.0. The van der Waals surface area contributed by atoms with Gasteiger partial charge in [0.15, 0.2) is 0 Å². The Morgan fingerprint density at radius 1 is 1.14 bits per heavy atom. The monoisotopic (exact) mass is 398 g/mol. The van der Waals surface area contributed by atoms with E-state index >= 15 is 0 Å². The van der Waals surface area contributed by atoms with Crippen LogP contribution in [0.3, 0.4) is 0 Å². The minimum absolute atomic E-state index is 0.0899. The minimum Gasteiger partial charge on any atom is -0.395 e. The van der Waals surface area contributed by atoms with Gasteiger partial charge in [-0.2, -0.15) is 0 Å². The van der Waals surface area contributed by atoms with E-state index in [4.69, 9.17) is 0 Å². The molecule has 3 saturated heterocycles. The molecular weight excluding hydrogens is 372 g/mol. The van der Waals surface area contributed by atoms with Crippen molar-refractivity contribution in [3.05, 3.63) is 34.9 Å². The normalized spacial score (nSPS) is 31.9. The van der Waals surface area contributed by atoms with Crippen molar-refractivity contribution in [3.8, 4) is 0 Å². The Hall–Kier alpha value is -2.29. The quantitative estimate of drug-likeness (QED) is 0.605. The number of amides is 3. The van der Waals surface area contributed by atoms with Crippen molar-refractivity contribution in [3.63, 3.8) is 0 Å². The molecule has 5 rings (SSSR count). The van der Waals surface area contributed by atoms with Crippen molar-refractivity contribution in [2.24, 2.45) is 0 Å². The van der Waals surface area contributed by atoms with Crippen LogP contribution in [0.5, 0.6) is 0 Å². The van der Waals surface area contributed by atoms with Crippen molar-refractivity contribution in [1.29, 1.82) is 0 Å². The zero-order valence-electron chi connectivity index (χ0n) is 16.3. The Labute approximate surface area is 169 Å². The number of nitrogens with one attached hydrogen (secondary N) is 2. The number of piperidine rings is 1. The molecule has 0 aromatic heterocycles. The fourth-order valence-electron chi connectivity index (χ4n) is 5.47. The first-order chi connectivity index (χ1) is 14.1. The van der Waals surface area contributed by atoms with E-state index in [1.807, 2.05) is 12.1 Å². The molecular formula is C21H26N4O4. The highest BCUT2D eigenvalue weighted by Gasteiger charge is 2.43. The fourth-order valence-corrected chi connectivity index (χ4v) is 5.47. The molecule has 8 nitrogen and oxygen atoms in total. The van der Waals surface area contributed by atoms with Gasteiger partial charge in [-0.25, -0.2) is 0 Å². The number of aliphatic hydroxyl groups excluding tert-OH is 1. The van der Waals surface area contributed by atoms with Gasteiger partial charge in [0.25, 0.3) is 5.91 Å². The molecule has 4 heterocycles. The molecule has 3 fully saturated rings. The highest BCUT2D eigenvalue weighted by molar-refractivity contribution is 6.05. The molecule has 8 heteroatoms. The van der Waals surface area contributed by atoms with Crippen molar-refractivity contribution >= 4 is 17.7 Å². The lowest BCUT2D eigenvalue weighted by Gasteiger charge is -2.40. The predicted octanol–water partition coefficient (Wildman–Crippen LogP) is -0.255. The van der Waals surface area contributed by atoms with E-state index in [9.17, 15) is 19.5 Å². The van der Waals surface area contributed by atoms with Crippen LogP contribution in [-0.4, -0.2) is 69.9 Å². The SMILES string of the molecule is O=C1CCC(N2Cc3c(CN4C5CCC4C(CO)NC5)cccc3C2=O)C(=O)N1. The highest BCUT2D eigenvalue weighted by atomic mass is 16.3. The highest BCUT2D eigenvalue weighted by Crippen LogP contribution is 2.35. The molecule has 0 aliphatic carbocycles. The first kappa shape index (κ1) is 18.7. The van der Waals surface area contributed by atoms with E-state index in [0.29, 0.717) is 30.6 Å². The summed E-state index contributed by atoms with van der Waals surface area (Å²) in [4.78, 5) is 40.8. The number of nitrogens with zero attached hydrogens (tertiary/aromatic N) is 2. The molecule has 3 N–H and O–H groups in total. The first-order valence-corrected chi connectivity index (χ1v) is 10.4. The Kier molecular flexibility index (Phi) is 4.64. The van der Waals surface area contributed by atoms with Gasteiger partial charge in [-0.3, -0.25) is 24.6 Å².